The summed E-state index contributed by atoms with van der Waals surface area (Å²) in [5.74, 6) is 0. The molecule has 0 saturated heterocycles. The Morgan fingerprint density at radius 2 is 1.94 bits per heavy atom. The van der Waals surface area contributed by atoms with Crippen LogP contribution in [0.25, 0.3) is 0 Å². The van der Waals surface area contributed by atoms with E-state index in [-0.39, 0.29) is 0 Å². The fourth-order valence-corrected chi connectivity index (χ4v) is 2.40. The molecule has 0 aliphatic carbocycles. The van der Waals surface area contributed by atoms with Gasteiger partial charge in [0.1, 0.15) is 0 Å². The van der Waals surface area contributed by atoms with Crippen LogP contribution >= 0.6 is 0 Å². The minimum Gasteiger partial charge on any atom is -0.269 e. The predicted octanol–water partition coefficient (Wildman–Crippen LogP) is 2.65. The number of nitrogens with zero attached hydrogens (tertiary/aromatic N) is 1. The molecular weight excluding hydrogens is 226 g/mol. The second kappa shape index (κ2) is 6.06. The van der Waals surface area contributed by atoms with Crippen LogP contribution in [0, 0.1) is 0 Å². The van der Waals surface area contributed by atoms with Crippen molar-refractivity contribution >= 4 is 10.3 Å². The highest BCUT2D eigenvalue weighted by Gasteiger charge is 2.11. The molecule has 0 radical (unpaired) electrons. The van der Waals surface area contributed by atoms with Crippen molar-refractivity contribution in [1.29, 1.82) is 0 Å². The zero-order valence-corrected chi connectivity index (χ0v) is 10.4. The zero-order chi connectivity index (χ0) is 12.0. The fraction of sp³-hybridized carbons (Fsp3) is 0.636. The van der Waals surface area contributed by atoms with Crippen LogP contribution in [-0.4, -0.2) is 16.9 Å². The molecule has 0 aliphatic rings. The molecule has 0 bridgehead atoms. The SMILES string of the molecule is CCCCCCCc1cccn1S(=O)(=O)O. The number of hydrogen-bond acceptors (Lipinski definition) is 2. The highest BCUT2D eigenvalue weighted by molar-refractivity contribution is 7.84. The van der Waals surface area contributed by atoms with Crippen molar-refractivity contribution in [2.75, 3.05) is 0 Å². The minimum atomic E-state index is -4.12. The second-order valence-corrected chi connectivity index (χ2v) is 5.23. The van der Waals surface area contributed by atoms with Gasteiger partial charge in [-0.25, -0.2) is 3.97 Å². The Hall–Kier alpha value is -0.810. The third-order valence-electron chi connectivity index (χ3n) is 2.58. The number of rotatable bonds is 7. The van der Waals surface area contributed by atoms with Crippen LogP contribution in [0.2, 0.25) is 0 Å². The average molecular weight is 245 g/mol. The van der Waals surface area contributed by atoms with Gasteiger partial charge in [-0.2, -0.15) is 8.42 Å². The van der Waals surface area contributed by atoms with E-state index in [9.17, 15) is 8.42 Å². The van der Waals surface area contributed by atoms with Crippen molar-refractivity contribution < 1.29 is 13.0 Å². The largest absolute Gasteiger partial charge is 0.363 e. The van der Waals surface area contributed by atoms with E-state index in [4.69, 9.17) is 4.55 Å². The van der Waals surface area contributed by atoms with Crippen molar-refractivity contribution in [3.05, 3.63) is 24.0 Å². The highest BCUT2D eigenvalue weighted by Crippen LogP contribution is 2.11. The molecule has 0 fully saturated rings. The molecule has 0 aliphatic heterocycles. The molecule has 1 aromatic heterocycles. The van der Waals surface area contributed by atoms with E-state index >= 15 is 0 Å². The lowest BCUT2D eigenvalue weighted by Crippen LogP contribution is -2.12. The van der Waals surface area contributed by atoms with E-state index in [1.165, 1.54) is 25.5 Å². The van der Waals surface area contributed by atoms with E-state index in [0.717, 1.165) is 16.8 Å². The molecule has 0 spiro atoms. The zero-order valence-electron chi connectivity index (χ0n) is 9.59. The molecule has 1 heterocycles. The average Bonchev–Trinajstić information content (AvgIpc) is 2.65. The molecule has 0 amide bonds. The van der Waals surface area contributed by atoms with Crippen LogP contribution in [0.1, 0.15) is 44.7 Å². The maximum absolute atomic E-state index is 11.0. The van der Waals surface area contributed by atoms with Crippen molar-refractivity contribution in [3.8, 4) is 0 Å². The lowest BCUT2D eigenvalue weighted by molar-refractivity contribution is 0.470. The Kier molecular flexibility index (Phi) is 5.02. The van der Waals surface area contributed by atoms with Gasteiger partial charge in [0.05, 0.1) is 0 Å². The van der Waals surface area contributed by atoms with Crippen LogP contribution in [-0.2, 0) is 16.7 Å². The first-order valence-electron chi connectivity index (χ1n) is 5.70. The number of unbranched alkanes of at least 4 members (excludes halogenated alkanes) is 4. The van der Waals surface area contributed by atoms with Gasteiger partial charge >= 0.3 is 10.3 Å². The van der Waals surface area contributed by atoms with E-state index in [2.05, 4.69) is 6.92 Å². The molecule has 16 heavy (non-hydrogen) atoms. The standard InChI is InChI=1S/C11H19NO3S/c1-2-3-4-5-6-8-11-9-7-10-12(11)16(13,14)15/h7,9-10H,2-6,8H2,1H3,(H,13,14,15). The van der Waals surface area contributed by atoms with E-state index < -0.39 is 10.3 Å². The van der Waals surface area contributed by atoms with Gasteiger partial charge in [-0.05, 0) is 25.0 Å². The topological polar surface area (TPSA) is 59.3 Å². The maximum atomic E-state index is 11.0. The third kappa shape index (κ3) is 3.98. The Morgan fingerprint density at radius 1 is 1.25 bits per heavy atom. The first-order valence-corrected chi connectivity index (χ1v) is 7.09. The van der Waals surface area contributed by atoms with Gasteiger partial charge in [-0.1, -0.05) is 32.6 Å². The Balaban J connectivity index is 2.46. The number of aromatic nitrogens is 1. The van der Waals surface area contributed by atoms with Gasteiger partial charge < -0.3 is 0 Å². The van der Waals surface area contributed by atoms with E-state index in [1.807, 2.05) is 0 Å². The molecule has 0 unspecified atom stereocenters. The van der Waals surface area contributed by atoms with Crippen LogP contribution < -0.4 is 0 Å². The molecule has 92 valence electrons. The molecule has 5 heteroatoms. The summed E-state index contributed by atoms with van der Waals surface area (Å²) in [6.45, 7) is 2.16. The number of aryl methyl sites for hydroxylation is 1. The quantitative estimate of drug-likeness (QED) is 0.593. The van der Waals surface area contributed by atoms with Crippen molar-refractivity contribution in [3.63, 3.8) is 0 Å². The predicted molar refractivity (Wildman–Crippen MR) is 63.8 cm³/mol. The van der Waals surface area contributed by atoms with Crippen molar-refractivity contribution in [2.45, 2.75) is 45.4 Å². The van der Waals surface area contributed by atoms with E-state index in [0.29, 0.717) is 12.1 Å². The molecule has 0 atom stereocenters. The van der Waals surface area contributed by atoms with Gasteiger partial charge in [0.15, 0.2) is 0 Å². The second-order valence-electron chi connectivity index (χ2n) is 3.94. The van der Waals surface area contributed by atoms with E-state index in [1.54, 1.807) is 12.1 Å². The summed E-state index contributed by atoms with van der Waals surface area (Å²) in [5.41, 5.74) is 0.652. The summed E-state index contributed by atoms with van der Waals surface area (Å²) in [6, 6.07) is 3.36. The Bertz CT molecular complexity index is 409. The number of hydrogen-bond donors (Lipinski definition) is 1. The summed E-state index contributed by atoms with van der Waals surface area (Å²) in [7, 11) is -4.12. The summed E-state index contributed by atoms with van der Waals surface area (Å²) in [6.07, 6.45) is 7.72. The van der Waals surface area contributed by atoms with Crippen LogP contribution in [0.4, 0.5) is 0 Å². The van der Waals surface area contributed by atoms with Crippen molar-refractivity contribution in [1.82, 2.24) is 3.97 Å². The molecule has 1 N–H and O–H groups in total. The van der Waals surface area contributed by atoms with Gasteiger partial charge in [0.2, 0.25) is 0 Å². The lowest BCUT2D eigenvalue weighted by Gasteiger charge is -2.05. The van der Waals surface area contributed by atoms with Gasteiger partial charge in [0, 0.05) is 11.9 Å². The summed E-state index contributed by atoms with van der Waals surface area (Å²) in [5, 5.41) is 0. The smallest absolute Gasteiger partial charge is 0.269 e. The highest BCUT2D eigenvalue weighted by atomic mass is 32.2. The van der Waals surface area contributed by atoms with Crippen LogP contribution in [0.3, 0.4) is 0 Å². The molecule has 0 saturated carbocycles. The summed E-state index contributed by atoms with van der Waals surface area (Å²) < 4.78 is 31.8. The minimum absolute atomic E-state index is 0.652. The molecule has 0 aromatic carbocycles. The molecule has 4 nitrogen and oxygen atoms in total. The first-order chi connectivity index (χ1) is 7.55. The third-order valence-corrected chi connectivity index (χ3v) is 3.43. The summed E-state index contributed by atoms with van der Waals surface area (Å²) in [4.78, 5) is 0. The Morgan fingerprint density at radius 3 is 2.56 bits per heavy atom. The molecule has 1 rings (SSSR count). The lowest BCUT2D eigenvalue weighted by atomic mass is 10.1. The molecular formula is C11H19NO3S. The fourth-order valence-electron chi connectivity index (χ4n) is 1.73. The monoisotopic (exact) mass is 245 g/mol. The van der Waals surface area contributed by atoms with Gasteiger partial charge in [-0.3, -0.25) is 4.55 Å². The Labute approximate surface area is 97.2 Å². The first kappa shape index (κ1) is 13.3. The normalized spacial score (nSPS) is 11.9. The molecule has 1 aromatic rings. The maximum Gasteiger partial charge on any atom is 0.363 e. The van der Waals surface area contributed by atoms with Crippen LogP contribution in [0.5, 0.6) is 0 Å². The van der Waals surface area contributed by atoms with Crippen LogP contribution in [0.15, 0.2) is 18.3 Å². The van der Waals surface area contributed by atoms with Gasteiger partial charge in [0.25, 0.3) is 0 Å². The van der Waals surface area contributed by atoms with Gasteiger partial charge in [-0.15, -0.1) is 0 Å². The van der Waals surface area contributed by atoms with Crippen molar-refractivity contribution in [2.24, 2.45) is 0 Å². The summed E-state index contributed by atoms with van der Waals surface area (Å²) >= 11 is 0.